The van der Waals surface area contributed by atoms with Gasteiger partial charge >= 0.3 is 0 Å². The number of hydrogen-bond acceptors (Lipinski definition) is 5. The van der Waals surface area contributed by atoms with Crippen molar-refractivity contribution >= 4 is 11.3 Å². The van der Waals surface area contributed by atoms with E-state index in [-0.39, 0.29) is 0 Å². The van der Waals surface area contributed by atoms with Gasteiger partial charge in [-0.25, -0.2) is 0 Å². The van der Waals surface area contributed by atoms with Crippen LogP contribution in [0, 0.1) is 19.8 Å². The van der Waals surface area contributed by atoms with E-state index in [1.54, 1.807) is 11.3 Å². The van der Waals surface area contributed by atoms with Gasteiger partial charge in [0, 0.05) is 16.0 Å². The van der Waals surface area contributed by atoms with E-state index in [9.17, 15) is 0 Å². The van der Waals surface area contributed by atoms with Crippen molar-refractivity contribution in [1.29, 1.82) is 0 Å². The third kappa shape index (κ3) is 7.51. The first-order valence-electron chi connectivity index (χ1n) is 15.0. The number of fused-ring (bicyclic) bond motifs is 1. The van der Waals surface area contributed by atoms with Crippen molar-refractivity contribution in [2.24, 2.45) is 5.92 Å². The normalized spacial score (nSPS) is 13.4. The summed E-state index contributed by atoms with van der Waals surface area (Å²) in [6.07, 6.45) is 9.52. The molecular formula is C34H46O4S. The summed E-state index contributed by atoms with van der Waals surface area (Å²) >= 11 is 1.73. The Bertz CT molecular complexity index is 1200. The molecule has 2 aromatic carbocycles. The van der Waals surface area contributed by atoms with E-state index in [0.717, 1.165) is 75.5 Å². The third-order valence-corrected chi connectivity index (χ3v) is 8.62. The van der Waals surface area contributed by atoms with Gasteiger partial charge in [-0.2, -0.15) is 0 Å². The molecule has 212 valence electrons. The van der Waals surface area contributed by atoms with E-state index in [1.807, 2.05) is 0 Å². The maximum absolute atomic E-state index is 6.59. The van der Waals surface area contributed by atoms with Crippen LogP contribution in [0.4, 0.5) is 0 Å². The average molecular weight is 551 g/mol. The Morgan fingerprint density at radius 3 is 2.28 bits per heavy atom. The second-order valence-electron chi connectivity index (χ2n) is 10.7. The van der Waals surface area contributed by atoms with Gasteiger partial charge in [0.2, 0.25) is 0 Å². The molecule has 0 N–H and O–H groups in total. The summed E-state index contributed by atoms with van der Waals surface area (Å²) in [4.78, 5) is 2.26. The Morgan fingerprint density at radius 1 is 0.795 bits per heavy atom. The van der Waals surface area contributed by atoms with Crippen molar-refractivity contribution in [2.75, 3.05) is 26.4 Å². The first-order valence-corrected chi connectivity index (χ1v) is 15.8. The van der Waals surface area contributed by atoms with Crippen LogP contribution in [0.25, 0.3) is 21.6 Å². The van der Waals surface area contributed by atoms with Crippen LogP contribution in [0.2, 0.25) is 0 Å². The second-order valence-corrected chi connectivity index (χ2v) is 11.9. The van der Waals surface area contributed by atoms with Crippen molar-refractivity contribution in [1.82, 2.24) is 0 Å². The maximum Gasteiger partial charge on any atom is 0.180 e. The lowest BCUT2D eigenvalue weighted by Gasteiger charge is -2.20. The van der Waals surface area contributed by atoms with Gasteiger partial charge in [-0.05, 0) is 68.5 Å². The largest absolute Gasteiger partial charge is 0.493 e. The van der Waals surface area contributed by atoms with E-state index in [4.69, 9.17) is 18.9 Å². The molecule has 0 saturated heterocycles. The van der Waals surface area contributed by atoms with Gasteiger partial charge in [-0.3, -0.25) is 0 Å². The molecule has 0 saturated carbocycles. The van der Waals surface area contributed by atoms with Crippen LogP contribution in [0.5, 0.6) is 23.0 Å². The molecule has 1 atom stereocenters. The topological polar surface area (TPSA) is 36.9 Å². The Kier molecular flexibility index (Phi) is 11.0. The first-order chi connectivity index (χ1) is 19.0. The lowest BCUT2D eigenvalue weighted by atomic mass is 9.97. The molecule has 1 aliphatic rings. The van der Waals surface area contributed by atoms with Crippen molar-refractivity contribution in [3.63, 3.8) is 0 Å². The number of thiophene rings is 1. The van der Waals surface area contributed by atoms with Crippen molar-refractivity contribution in [3.05, 3.63) is 46.8 Å². The summed E-state index contributed by atoms with van der Waals surface area (Å²) in [5.41, 5.74) is 4.48. The molecule has 0 bridgehead atoms. The van der Waals surface area contributed by atoms with E-state index < -0.39 is 0 Å². The van der Waals surface area contributed by atoms with E-state index >= 15 is 0 Å². The molecule has 5 heteroatoms. The number of ether oxygens (including phenoxy) is 4. The number of aryl methyl sites for hydroxylation is 2. The van der Waals surface area contributed by atoms with Crippen molar-refractivity contribution in [3.8, 4) is 44.6 Å². The molecular weight excluding hydrogens is 504 g/mol. The standard InChI is InChI=1S/C34H46O4S/c1-6-9-11-12-18-35-30-16-14-24(4)21-28(30)29-22-27(34-33-32(25(5)39-34)36-19-20-37-33)15-17-31(29)38-23-26(8-3)13-10-7-2/h14-17,21-22,26H,6-13,18-20,23H2,1-5H3. The van der Waals surface area contributed by atoms with E-state index in [1.165, 1.54) is 44.1 Å². The average Bonchev–Trinajstić information content (AvgIpc) is 3.30. The molecule has 0 aliphatic carbocycles. The number of benzene rings is 2. The molecule has 1 unspecified atom stereocenters. The maximum atomic E-state index is 6.59. The van der Waals surface area contributed by atoms with Crippen molar-refractivity contribution < 1.29 is 18.9 Å². The minimum absolute atomic E-state index is 0.557. The molecule has 0 amide bonds. The third-order valence-electron chi connectivity index (χ3n) is 7.50. The summed E-state index contributed by atoms with van der Waals surface area (Å²) in [6.45, 7) is 13.6. The van der Waals surface area contributed by atoms with Crippen LogP contribution in [-0.4, -0.2) is 26.4 Å². The van der Waals surface area contributed by atoms with Gasteiger partial charge in [0.05, 0.1) is 18.1 Å². The predicted octanol–water partition coefficient (Wildman–Crippen LogP) is 10.0. The fourth-order valence-corrected chi connectivity index (χ4v) is 6.13. The molecule has 1 aromatic heterocycles. The van der Waals surface area contributed by atoms with Gasteiger partial charge in [0.1, 0.15) is 24.7 Å². The Labute approximate surface area is 239 Å². The molecule has 0 fully saturated rings. The van der Waals surface area contributed by atoms with Crippen LogP contribution in [0.1, 0.15) is 82.6 Å². The molecule has 39 heavy (non-hydrogen) atoms. The SMILES string of the molecule is CCCCCCOc1ccc(C)cc1-c1cc(-c2sc(C)c3c2OCCO3)ccc1OCC(CC)CCCC. The highest BCUT2D eigenvalue weighted by molar-refractivity contribution is 7.16. The Balaban J connectivity index is 1.72. The van der Waals surface area contributed by atoms with Gasteiger partial charge in [0.15, 0.2) is 11.5 Å². The van der Waals surface area contributed by atoms with Gasteiger partial charge in [-0.15, -0.1) is 11.3 Å². The zero-order chi connectivity index (χ0) is 27.6. The molecule has 2 heterocycles. The van der Waals surface area contributed by atoms with E-state index in [0.29, 0.717) is 19.1 Å². The summed E-state index contributed by atoms with van der Waals surface area (Å²) < 4.78 is 25.0. The van der Waals surface area contributed by atoms with Gasteiger partial charge < -0.3 is 18.9 Å². The quantitative estimate of drug-likeness (QED) is 0.176. The minimum atomic E-state index is 0.557. The summed E-state index contributed by atoms with van der Waals surface area (Å²) in [6, 6.07) is 13.0. The highest BCUT2D eigenvalue weighted by atomic mass is 32.1. The molecule has 4 rings (SSSR count). The Hall–Kier alpha value is -2.66. The molecule has 0 spiro atoms. The Morgan fingerprint density at radius 2 is 1.51 bits per heavy atom. The van der Waals surface area contributed by atoms with Crippen LogP contribution in [-0.2, 0) is 0 Å². The van der Waals surface area contributed by atoms with Gasteiger partial charge in [-0.1, -0.05) is 70.9 Å². The zero-order valence-electron chi connectivity index (χ0n) is 24.6. The molecule has 4 nitrogen and oxygen atoms in total. The zero-order valence-corrected chi connectivity index (χ0v) is 25.4. The molecule has 0 radical (unpaired) electrons. The number of rotatable bonds is 15. The predicted molar refractivity (Wildman–Crippen MR) is 164 cm³/mol. The first kappa shape index (κ1) is 29.3. The lowest BCUT2D eigenvalue weighted by Crippen LogP contribution is -2.14. The fraction of sp³-hybridized carbons (Fsp3) is 0.529. The van der Waals surface area contributed by atoms with Crippen molar-refractivity contribution in [2.45, 2.75) is 86.0 Å². The van der Waals surface area contributed by atoms with Crippen LogP contribution in [0.3, 0.4) is 0 Å². The molecule has 3 aromatic rings. The minimum Gasteiger partial charge on any atom is -0.493 e. The second kappa shape index (κ2) is 14.6. The fourth-order valence-electron chi connectivity index (χ4n) is 5.09. The van der Waals surface area contributed by atoms with Crippen LogP contribution in [0.15, 0.2) is 36.4 Å². The number of hydrogen-bond donors (Lipinski definition) is 0. The number of unbranched alkanes of at least 4 members (excludes halogenated alkanes) is 4. The summed E-state index contributed by atoms with van der Waals surface area (Å²) in [5, 5.41) is 0. The van der Waals surface area contributed by atoms with Crippen LogP contribution >= 0.6 is 11.3 Å². The van der Waals surface area contributed by atoms with E-state index in [2.05, 4.69) is 71.0 Å². The highest BCUT2D eigenvalue weighted by Crippen LogP contribution is 2.50. The lowest BCUT2D eigenvalue weighted by molar-refractivity contribution is 0.173. The van der Waals surface area contributed by atoms with Crippen LogP contribution < -0.4 is 18.9 Å². The summed E-state index contributed by atoms with van der Waals surface area (Å²) in [5.74, 6) is 4.14. The monoisotopic (exact) mass is 550 g/mol. The smallest absolute Gasteiger partial charge is 0.180 e. The summed E-state index contributed by atoms with van der Waals surface area (Å²) in [7, 11) is 0. The van der Waals surface area contributed by atoms with Gasteiger partial charge in [0.25, 0.3) is 0 Å². The highest BCUT2D eigenvalue weighted by Gasteiger charge is 2.24. The molecule has 1 aliphatic heterocycles.